The molecule has 0 bridgehead atoms. The average molecular weight is 266 g/mol. The van der Waals surface area contributed by atoms with Crippen LogP contribution in [0.25, 0.3) is 11.0 Å². The zero-order chi connectivity index (χ0) is 13.8. The molecule has 6 heteroatoms. The van der Waals surface area contributed by atoms with Crippen molar-refractivity contribution >= 4 is 11.0 Å². The fourth-order valence-corrected chi connectivity index (χ4v) is 1.67. The molecule has 1 heterocycles. The predicted molar refractivity (Wildman–Crippen MR) is 67.9 cm³/mol. The van der Waals surface area contributed by atoms with Crippen LogP contribution in [0.5, 0.6) is 17.2 Å². The molecule has 6 nitrogen and oxygen atoms in total. The minimum Gasteiger partial charge on any atom is -0.504 e. The number of rotatable bonds is 5. The lowest BCUT2D eigenvalue weighted by Gasteiger charge is -2.08. The summed E-state index contributed by atoms with van der Waals surface area (Å²) in [6, 6.07) is 4.62. The quantitative estimate of drug-likeness (QED) is 0.792. The molecule has 1 aromatic carbocycles. The van der Waals surface area contributed by atoms with E-state index in [0.29, 0.717) is 11.1 Å². The van der Waals surface area contributed by atoms with E-state index >= 15 is 0 Å². The van der Waals surface area contributed by atoms with E-state index in [2.05, 4.69) is 0 Å². The number of hydrogen-bond acceptors (Lipinski definition) is 6. The third-order valence-electron chi connectivity index (χ3n) is 2.46. The minimum atomic E-state index is -0.726. The molecule has 2 aromatic rings. The summed E-state index contributed by atoms with van der Waals surface area (Å²) >= 11 is 0. The first kappa shape index (κ1) is 13.2. The van der Waals surface area contributed by atoms with Crippen LogP contribution in [-0.4, -0.2) is 30.0 Å². The fraction of sp³-hybridized carbons (Fsp3) is 0.308. The van der Waals surface area contributed by atoms with E-state index in [4.69, 9.17) is 19.0 Å². The second-order valence-corrected chi connectivity index (χ2v) is 3.73. The summed E-state index contributed by atoms with van der Waals surface area (Å²) in [5.74, 6) is -0.0370. The molecule has 0 atom stereocenters. The molecule has 0 aliphatic rings. The van der Waals surface area contributed by atoms with Gasteiger partial charge < -0.3 is 24.1 Å². The van der Waals surface area contributed by atoms with Gasteiger partial charge in [-0.2, -0.15) is 0 Å². The Kier molecular flexibility index (Phi) is 3.91. The van der Waals surface area contributed by atoms with Crippen LogP contribution in [0.2, 0.25) is 0 Å². The van der Waals surface area contributed by atoms with Gasteiger partial charge in [-0.3, -0.25) is 0 Å². The van der Waals surface area contributed by atoms with E-state index in [1.165, 1.54) is 12.1 Å². The number of ether oxygens (including phenoxy) is 2. The van der Waals surface area contributed by atoms with Gasteiger partial charge in [0.1, 0.15) is 17.9 Å². The summed E-state index contributed by atoms with van der Waals surface area (Å²) in [5, 5.41) is 19.0. The molecule has 0 amide bonds. The number of aliphatic hydroxyl groups is 1. The van der Waals surface area contributed by atoms with E-state index in [-0.39, 0.29) is 36.9 Å². The van der Waals surface area contributed by atoms with Crippen LogP contribution in [0.15, 0.2) is 27.4 Å². The van der Waals surface area contributed by atoms with Gasteiger partial charge in [-0.15, -0.1) is 0 Å². The van der Waals surface area contributed by atoms with Gasteiger partial charge >= 0.3 is 5.63 Å². The topological polar surface area (TPSA) is 89.1 Å². The van der Waals surface area contributed by atoms with Crippen molar-refractivity contribution in [3.8, 4) is 17.2 Å². The van der Waals surface area contributed by atoms with Gasteiger partial charge in [0, 0.05) is 0 Å². The van der Waals surface area contributed by atoms with Crippen LogP contribution >= 0.6 is 0 Å². The maximum absolute atomic E-state index is 11.6. The van der Waals surface area contributed by atoms with Gasteiger partial charge in [-0.05, 0) is 25.1 Å². The van der Waals surface area contributed by atoms with Gasteiger partial charge in [-0.25, -0.2) is 4.79 Å². The lowest BCUT2D eigenvalue weighted by atomic mass is 10.2. The minimum absolute atomic E-state index is 0.113. The van der Waals surface area contributed by atoms with Gasteiger partial charge in [0.25, 0.3) is 0 Å². The van der Waals surface area contributed by atoms with Crippen molar-refractivity contribution in [2.24, 2.45) is 0 Å². The average Bonchev–Trinajstić information content (AvgIpc) is 2.41. The van der Waals surface area contributed by atoms with E-state index in [1.54, 1.807) is 13.0 Å². The number of aromatic hydroxyl groups is 1. The first-order valence-electron chi connectivity index (χ1n) is 5.83. The summed E-state index contributed by atoms with van der Waals surface area (Å²) < 4.78 is 15.3. The summed E-state index contributed by atoms with van der Waals surface area (Å²) in [6.45, 7) is 1.97. The molecule has 0 saturated carbocycles. The molecular formula is C13H14O6. The van der Waals surface area contributed by atoms with Crippen molar-refractivity contribution in [3.63, 3.8) is 0 Å². The normalized spacial score (nSPS) is 10.6. The number of hydrogen-bond donors (Lipinski definition) is 2. The van der Waals surface area contributed by atoms with Gasteiger partial charge in [0.2, 0.25) is 5.75 Å². The number of aliphatic hydroxyl groups excluding tert-OH is 1. The van der Waals surface area contributed by atoms with Crippen molar-refractivity contribution < 1.29 is 24.1 Å². The van der Waals surface area contributed by atoms with Crippen molar-refractivity contribution in [2.75, 3.05) is 19.8 Å². The maximum Gasteiger partial charge on any atom is 0.383 e. The van der Waals surface area contributed by atoms with Crippen LogP contribution in [-0.2, 0) is 0 Å². The summed E-state index contributed by atoms with van der Waals surface area (Å²) in [7, 11) is 0. The number of benzene rings is 1. The van der Waals surface area contributed by atoms with E-state index < -0.39 is 5.63 Å². The molecular weight excluding hydrogens is 252 g/mol. The van der Waals surface area contributed by atoms with Crippen molar-refractivity contribution in [2.45, 2.75) is 6.92 Å². The zero-order valence-corrected chi connectivity index (χ0v) is 10.4. The largest absolute Gasteiger partial charge is 0.504 e. The molecule has 2 N–H and O–H groups in total. The first-order valence-corrected chi connectivity index (χ1v) is 5.83. The molecule has 0 unspecified atom stereocenters. The van der Waals surface area contributed by atoms with E-state index in [0.717, 1.165) is 0 Å². The summed E-state index contributed by atoms with van der Waals surface area (Å²) in [4.78, 5) is 11.6. The molecule has 0 radical (unpaired) electrons. The third-order valence-corrected chi connectivity index (χ3v) is 2.46. The first-order chi connectivity index (χ1) is 9.17. The highest BCUT2D eigenvalue weighted by atomic mass is 16.5. The van der Waals surface area contributed by atoms with Crippen LogP contribution in [0, 0.1) is 0 Å². The zero-order valence-electron chi connectivity index (χ0n) is 10.4. The number of fused-ring (bicyclic) bond motifs is 1. The van der Waals surface area contributed by atoms with E-state index in [1.807, 2.05) is 0 Å². The Morgan fingerprint density at radius 2 is 2.11 bits per heavy atom. The summed E-state index contributed by atoms with van der Waals surface area (Å²) in [5.41, 5.74) is -0.488. The molecule has 102 valence electrons. The molecule has 0 fully saturated rings. The fourth-order valence-electron chi connectivity index (χ4n) is 1.67. The van der Waals surface area contributed by atoms with Gasteiger partial charge in [0.05, 0.1) is 18.6 Å². The summed E-state index contributed by atoms with van der Waals surface area (Å²) in [6.07, 6.45) is 0. The maximum atomic E-state index is 11.6. The van der Waals surface area contributed by atoms with Crippen molar-refractivity contribution in [1.29, 1.82) is 0 Å². The van der Waals surface area contributed by atoms with Crippen LogP contribution in [0.1, 0.15) is 6.92 Å². The van der Waals surface area contributed by atoms with Gasteiger partial charge in [0.15, 0.2) is 5.75 Å². The molecule has 1 aromatic heterocycles. The SMILES string of the molecule is CCOc1c(O)c2cc(OCCO)ccc2oc1=O. The third kappa shape index (κ3) is 2.63. The Bertz CT molecular complexity index is 631. The molecule has 0 aliphatic heterocycles. The highest BCUT2D eigenvalue weighted by molar-refractivity contribution is 5.86. The Morgan fingerprint density at radius 1 is 1.32 bits per heavy atom. The molecule has 2 rings (SSSR count). The highest BCUT2D eigenvalue weighted by Crippen LogP contribution is 2.33. The molecule has 0 aliphatic carbocycles. The Balaban J connectivity index is 2.53. The second kappa shape index (κ2) is 5.62. The monoisotopic (exact) mass is 266 g/mol. The second-order valence-electron chi connectivity index (χ2n) is 3.73. The van der Waals surface area contributed by atoms with Crippen LogP contribution < -0.4 is 15.1 Å². The molecule has 19 heavy (non-hydrogen) atoms. The predicted octanol–water partition coefficient (Wildman–Crippen LogP) is 1.27. The Labute approximate surface area is 108 Å². The standard InChI is InChI=1S/C13H14O6/c1-2-17-12-11(15)9-7-8(18-6-5-14)3-4-10(9)19-13(12)16/h3-4,7,14-15H,2,5-6H2,1H3. The van der Waals surface area contributed by atoms with Gasteiger partial charge in [-0.1, -0.05) is 0 Å². The Morgan fingerprint density at radius 3 is 2.79 bits per heavy atom. The van der Waals surface area contributed by atoms with Crippen LogP contribution in [0.4, 0.5) is 0 Å². The van der Waals surface area contributed by atoms with Crippen molar-refractivity contribution in [1.82, 2.24) is 0 Å². The molecule has 0 saturated heterocycles. The van der Waals surface area contributed by atoms with E-state index in [9.17, 15) is 9.90 Å². The highest BCUT2D eigenvalue weighted by Gasteiger charge is 2.15. The Hall–Kier alpha value is -2.21. The lowest BCUT2D eigenvalue weighted by Crippen LogP contribution is -2.07. The van der Waals surface area contributed by atoms with Crippen molar-refractivity contribution in [3.05, 3.63) is 28.6 Å². The van der Waals surface area contributed by atoms with Crippen LogP contribution in [0.3, 0.4) is 0 Å². The smallest absolute Gasteiger partial charge is 0.383 e. The lowest BCUT2D eigenvalue weighted by molar-refractivity contribution is 0.201. The molecule has 0 spiro atoms.